The van der Waals surface area contributed by atoms with Gasteiger partial charge in [-0.2, -0.15) is 45.9 Å². The first-order valence-electron chi connectivity index (χ1n) is 14.8. The van der Waals surface area contributed by atoms with E-state index in [9.17, 15) is 0 Å². The molecule has 0 aliphatic rings. The van der Waals surface area contributed by atoms with Crippen LogP contribution in [0.1, 0.15) is 0 Å². The van der Waals surface area contributed by atoms with Crippen LogP contribution >= 0.6 is 0 Å². The smallest absolute Gasteiger partial charge is 0.324 e. The van der Waals surface area contributed by atoms with Crippen molar-refractivity contribution in [1.29, 1.82) is 0 Å². The number of rotatable bonds is 9. The molecule has 0 aromatic carbocycles. The van der Waals surface area contributed by atoms with Crippen molar-refractivity contribution in [3.8, 4) is 0 Å². The van der Waals surface area contributed by atoms with E-state index in [0.717, 1.165) is 50.3 Å². The number of aromatic nitrogens is 18. The van der Waals surface area contributed by atoms with E-state index in [1.165, 1.54) is 0 Å². The van der Waals surface area contributed by atoms with E-state index in [-0.39, 0.29) is 39.6 Å². The second kappa shape index (κ2) is 16.0. The van der Waals surface area contributed by atoms with Gasteiger partial charge in [0.2, 0.25) is 0 Å². The minimum atomic E-state index is 0. The summed E-state index contributed by atoms with van der Waals surface area (Å²) in [6.45, 7) is 0.104. The summed E-state index contributed by atoms with van der Waals surface area (Å²) in [5, 5.41) is 62.4. The normalized spacial score (nSPS) is 10.8. The third kappa shape index (κ3) is 7.65. The summed E-state index contributed by atoms with van der Waals surface area (Å²) in [6.07, 6.45) is 15.6. The van der Waals surface area contributed by atoms with Crippen LogP contribution in [0.2, 0.25) is 0 Å². The Morgan fingerprint density at radius 2 is 0.367 bits per heavy atom. The van der Waals surface area contributed by atoms with Crippen LogP contribution in [0.4, 0.5) is 0 Å². The van der Waals surface area contributed by atoms with Crippen LogP contribution in [0.3, 0.4) is 0 Å². The quantitative estimate of drug-likeness (QED) is 0.0643. The number of hydrogen-bond donors (Lipinski definition) is 9. The van der Waals surface area contributed by atoms with Crippen molar-refractivity contribution in [1.82, 2.24) is 91.8 Å². The van der Waals surface area contributed by atoms with Crippen molar-refractivity contribution < 1.29 is 19.5 Å². The molecule has 0 atom stereocenters. The van der Waals surface area contributed by atoms with Gasteiger partial charge < -0.3 is 45.9 Å². The van der Waals surface area contributed by atoms with Gasteiger partial charge in [0, 0.05) is 75.9 Å². The van der Waals surface area contributed by atoms with Gasteiger partial charge in [-0.05, 0) is 0 Å². The van der Waals surface area contributed by atoms with Crippen LogP contribution in [0.5, 0.6) is 0 Å². The van der Waals surface area contributed by atoms with Crippen molar-refractivity contribution in [2.24, 2.45) is 0 Å². The maximum Gasteiger partial charge on any atom is 3.00 e. The van der Waals surface area contributed by atoms with Gasteiger partial charge in [0.1, 0.15) is 0 Å². The molecule has 9 rings (SSSR count). The molecule has 0 aliphatic heterocycles. The average molecular weight is 737 g/mol. The Hall–Kier alpha value is -6.29. The van der Waals surface area contributed by atoms with Crippen molar-refractivity contribution in [2.75, 3.05) is 0 Å². The zero-order valence-corrected chi connectivity index (χ0v) is 27.2. The van der Waals surface area contributed by atoms with E-state index in [1.807, 2.05) is 54.6 Å². The van der Waals surface area contributed by atoms with Gasteiger partial charge in [0.25, 0.3) is 0 Å². The SMILES string of the molecule is [Ru+3].c1cc([B-](c2ccn[nH]2)c2ccn[nH]2)[nH]n1.c1cc([B-](c2ccn[nH]2)c2ccn[nH]2)[nH]n1.c1cc([B-](c2ccn[nH]2)c2ccn[nH]2)[nH]n1. The van der Waals surface area contributed by atoms with E-state index >= 15 is 0 Å². The second-order valence-corrected chi connectivity index (χ2v) is 10.4. The molecule has 22 heteroatoms. The monoisotopic (exact) mass is 738 g/mol. The maximum atomic E-state index is 3.97. The molecule has 0 spiro atoms. The van der Waals surface area contributed by atoms with Gasteiger partial charge in [-0.15, -0.1) is 50.3 Å². The molecule has 9 N–H and O–H groups in total. The fraction of sp³-hybridized carbons (Fsp3) is 0. The number of aromatic amines is 9. The minimum absolute atomic E-state index is 0. The van der Waals surface area contributed by atoms with Gasteiger partial charge in [0.15, 0.2) is 0 Å². The molecule has 9 heterocycles. The Morgan fingerprint density at radius 1 is 0.245 bits per heavy atom. The third-order valence-corrected chi connectivity index (χ3v) is 7.50. The Balaban J connectivity index is 0.000000126. The van der Waals surface area contributed by atoms with Crippen LogP contribution in [0.15, 0.2) is 110 Å². The molecule has 18 nitrogen and oxygen atoms in total. The first-order chi connectivity index (χ1) is 23.8. The van der Waals surface area contributed by atoms with E-state index in [1.54, 1.807) is 55.8 Å². The Morgan fingerprint density at radius 3 is 0.449 bits per heavy atom. The Labute approximate surface area is 291 Å². The fourth-order valence-electron chi connectivity index (χ4n) is 5.35. The van der Waals surface area contributed by atoms with Crippen molar-refractivity contribution >= 4 is 70.5 Å². The van der Waals surface area contributed by atoms with Gasteiger partial charge >= 0.3 is 19.5 Å². The van der Waals surface area contributed by atoms with Crippen LogP contribution in [0, 0.1) is 0 Å². The van der Waals surface area contributed by atoms with Crippen LogP contribution in [-0.2, 0) is 19.5 Å². The number of H-pyrrole nitrogens is 9. The van der Waals surface area contributed by atoms with E-state index < -0.39 is 0 Å². The molecule has 0 unspecified atom stereocenters. The van der Waals surface area contributed by atoms with E-state index in [4.69, 9.17) is 0 Å². The van der Waals surface area contributed by atoms with Crippen molar-refractivity contribution in [3.05, 3.63) is 110 Å². The molecular weight excluding hydrogens is 710 g/mol. The van der Waals surface area contributed by atoms with Crippen LogP contribution in [0.25, 0.3) is 0 Å². The summed E-state index contributed by atoms with van der Waals surface area (Å²) in [4.78, 5) is 0. The van der Waals surface area contributed by atoms with Crippen molar-refractivity contribution in [2.45, 2.75) is 0 Å². The molecule has 0 bridgehead atoms. The average Bonchev–Trinajstić information content (AvgIpc) is 3.97. The topological polar surface area (TPSA) is 258 Å². The predicted molar refractivity (Wildman–Crippen MR) is 181 cm³/mol. The van der Waals surface area contributed by atoms with Crippen LogP contribution < -0.4 is 50.3 Å². The molecule has 0 amide bonds. The standard InChI is InChI=1S/3C9H9BN6.Ru/c3*1-4-11-14-7(1)10(8-2-5-12-15-8)9-3-6-13-16-9;/h3*1-6H,(H,11,14)(H,12,15)(H,13,16);/q3*-1;+3. The zero-order valence-electron chi connectivity index (χ0n) is 25.5. The summed E-state index contributed by atoms with van der Waals surface area (Å²) >= 11 is 0. The molecular formula is C27H27B3N18Ru. The first kappa shape index (κ1) is 32.6. The van der Waals surface area contributed by atoms with Crippen LogP contribution in [-0.4, -0.2) is 112 Å². The largest absolute Gasteiger partial charge is 3.00 e. The molecule has 0 fully saturated rings. The molecule has 0 saturated heterocycles. The molecule has 242 valence electrons. The molecule has 4 radical (unpaired) electrons. The predicted octanol–water partition coefficient (Wildman–Crippen LogP) is -4.89. The fourth-order valence-corrected chi connectivity index (χ4v) is 5.35. The zero-order chi connectivity index (χ0) is 32.4. The summed E-state index contributed by atoms with van der Waals surface area (Å²) in [6, 6.07) is 17.4. The van der Waals surface area contributed by atoms with E-state index in [2.05, 4.69) is 91.8 Å². The summed E-state index contributed by atoms with van der Waals surface area (Å²) in [5.41, 5.74) is 8.95. The Kier molecular flexibility index (Phi) is 10.7. The maximum absolute atomic E-state index is 3.97. The van der Waals surface area contributed by atoms with Crippen molar-refractivity contribution in [3.63, 3.8) is 0 Å². The number of nitrogens with one attached hydrogen (secondary N) is 9. The number of nitrogens with zero attached hydrogens (tertiary/aromatic N) is 9. The molecule has 49 heavy (non-hydrogen) atoms. The van der Waals surface area contributed by atoms with Gasteiger partial charge in [-0.25, -0.2) is 0 Å². The number of hydrogen-bond acceptors (Lipinski definition) is 9. The minimum Gasteiger partial charge on any atom is -0.324 e. The van der Waals surface area contributed by atoms with Gasteiger partial charge in [0.05, 0.1) is 0 Å². The summed E-state index contributed by atoms with van der Waals surface area (Å²) in [5.74, 6) is 0. The molecule has 0 saturated carbocycles. The molecule has 9 aromatic heterocycles. The molecule has 0 aliphatic carbocycles. The molecule has 9 aromatic rings. The van der Waals surface area contributed by atoms with Gasteiger partial charge in [-0.1, -0.05) is 54.6 Å². The second-order valence-electron chi connectivity index (χ2n) is 10.4. The first-order valence-corrected chi connectivity index (χ1v) is 14.8. The van der Waals surface area contributed by atoms with E-state index in [0.29, 0.717) is 0 Å². The Bertz CT molecular complexity index is 1590. The summed E-state index contributed by atoms with van der Waals surface area (Å²) < 4.78 is 0. The third-order valence-electron chi connectivity index (χ3n) is 7.50. The van der Waals surface area contributed by atoms with Gasteiger partial charge in [-0.3, -0.25) is 0 Å². The summed E-state index contributed by atoms with van der Waals surface area (Å²) in [7, 11) is 0.